The first kappa shape index (κ1) is 15.3. The van der Waals surface area contributed by atoms with Gasteiger partial charge in [-0.2, -0.15) is 0 Å². The molecule has 6 nitrogen and oxygen atoms in total. The van der Waals surface area contributed by atoms with Gasteiger partial charge in [-0.05, 0) is 41.8 Å². The molecule has 4 aromatic rings. The summed E-state index contributed by atoms with van der Waals surface area (Å²) in [6.45, 7) is 3.29. The summed E-state index contributed by atoms with van der Waals surface area (Å²) in [4.78, 5) is 32.3. The second-order valence-corrected chi connectivity index (χ2v) is 5.92. The van der Waals surface area contributed by atoms with Crippen LogP contribution >= 0.6 is 0 Å². The summed E-state index contributed by atoms with van der Waals surface area (Å²) in [7, 11) is 0. The summed E-state index contributed by atoms with van der Waals surface area (Å²) in [5.74, 6) is 0.680. The molecular weight excluding hydrogens is 320 g/mol. The molecule has 0 radical (unpaired) electrons. The van der Waals surface area contributed by atoms with Gasteiger partial charge in [0.25, 0.3) is 0 Å². The summed E-state index contributed by atoms with van der Waals surface area (Å²) in [5.41, 5.74) is 2.37. The van der Waals surface area contributed by atoms with Crippen LogP contribution in [0.1, 0.15) is 22.9 Å². The molecule has 0 atom stereocenters. The number of hydrogen-bond donors (Lipinski definition) is 0. The molecule has 0 bridgehead atoms. The highest BCUT2D eigenvalue weighted by Gasteiger charge is 2.08. The Morgan fingerprint density at radius 2 is 1.36 bits per heavy atom. The van der Waals surface area contributed by atoms with Crippen molar-refractivity contribution in [2.75, 3.05) is 0 Å². The van der Waals surface area contributed by atoms with E-state index in [4.69, 9.17) is 8.83 Å². The number of aromatic nitrogens is 2. The lowest BCUT2D eigenvalue weighted by atomic mass is 10.0. The van der Waals surface area contributed by atoms with Gasteiger partial charge in [0.05, 0.1) is 21.8 Å². The normalized spacial score (nSPS) is 11.3. The fourth-order valence-electron chi connectivity index (χ4n) is 2.91. The van der Waals surface area contributed by atoms with Crippen molar-refractivity contribution in [3.05, 3.63) is 80.1 Å². The quantitative estimate of drug-likeness (QED) is 0.560. The van der Waals surface area contributed by atoms with Crippen molar-refractivity contribution < 1.29 is 8.83 Å². The Hall–Kier alpha value is -3.28. The lowest BCUT2D eigenvalue weighted by Gasteiger charge is -2.05. The van der Waals surface area contributed by atoms with Crippen molar-refractivity contribution in [3.63, 3.8) is 0 Å². The van der Waals surface area contributed by atoms with Crippen LogP contribution in [0.2, 0.25) is 0 Å². The maximum absolute atomic E-state index is 12.0. The monoisotopic (exact) mass is 334 g/mol. The van der Waals surface area contributed by atoms with Gasteiger partial charge in [0.1, 0.15) is 0 Å². The molecule has 0 aliphatic rings. The van der Waals surface area contributed by atoms with Crippen molar-refractivity contribution in [2.24, 2.45) is 0 Å². The van der Waals surface area contributed by atoms with Crippen molar-refractivity contribution in [2.45, 2.75) is 20.3 Å². The number of rotatable bonds is 2. The zero-order chi connectivity index (χ0) is 17.6. The van der Waals surface area contributed by atoms with Crippen LogP contribution in [0, 0.1) is 13.8 Å². The standard InChI is InChI=1S/C19H14N2O4/c1-10-20-16-6-4-12(8-15(16)19(23)25-10)7-13-3-5-14-17(9-13)21-11(2)24-18(14)22/h3-6,8-9H,7H2,1-2H3. The number of aryl methyl sites for hydroxylation is 2. The summed E-state index contributed by atoms with van der Waals surface area (Å²) in [5, 5.41) is 0.909. The van der Waals surface area contributed by atoms with Gasteiger partial charge in [0.15, 0.2) is 11.8 Å². The fourth-order valence-corrected chi connectivity index (χ4v) is 2.91. The molecule has 0 saturated heterocycles. The van der Waals surface area contributed by atoms with Gasteiger partial charge in [-0.25, -0.2) is 19.6 Å². The van der Waals surface area contributed by atoms with Crippen LogP contribution in [0.4, 0.5) is 0 Å². The highest BCUT2D eigenvalue weighted by molar-refractivity contribution is 5.79. The van der Waals surface area contributed by atoms with Crippen molar-refractivity contribution >= 4 is 21.8 Å². The van der Waals surface area contributed by atoms with E-state index in [-0.39, 0.29) is 5.63 Å². The van der Waals surface area contributed by atoms with E-state index in [0.717, 1.165) is 11.1 Å². The van der Waals surface area contributed by atoms with Crippen LogP contribution in [0.15, 0.2) is 54.8 Å². The third-order valence-electron chi connectivity index (χ3n) is 4.01. The van der Waals surface area contributed by atoms with E-state index in [0.29, 0.717) is 40.0 Å². The van der Waals surface area contributed by atoms with E-state index in [1.807, 2.05) is 24.3 Å². The number of fused-ring (bicyclic) bond motifs is 2. The van der Waals surface area contributed by atoms with Gasteiger partial charge in [-0.3, -0.25) is 0 Å². The molecule has 2 aromatic carbocycles. The van der Waals surface area contributed by atoms with Crippen LogP contribution in [0.5, 0.6) is 0 Å². The van der Waals surface area contributed by atoms with Crippen LogP contribution in [0.3, 0.4) is 0 Å². The summed E-state index contributed by atoms with van der Waals surface area (Å²) < 4.78 is 10.1. The predicted molar refractivity (Wildman–Crippen MR) is 92.8 cm³/mol. The molecule has 0 fully saturated rings. The fraction of sp³-hybridized carbons (Fsp3) is 0.158. The summed E-state index contributed by atoms with van der Waals surface area (Å²) >= 11 is 0. The Kier molecular flexibility index (Phi) is 3.46. The van der Waals surface area contributed by atoms with E-state index in [2.05, 4.69) is 9.97 Å². The topological polar surface area (TPSA) is 86.2 Å². The molecule has 2 aromatic heterocycles. The van der Waals surface area contributed by atoms with Gasteiger partial charge >= 0.3 is 11.3 Å². The van der Waals surface area contributed by atoms with Crippen LogP contribution in [0.25, 0.3) is 21.8 Å². The van der Waals surface area contributed by atoms with Crippen LogP contribution < -0.4 is 11.3 Å². The Bertz CT molecular complexity index is 1240. The van der Waals surface area contributed by atoms with Gasteiger partial charge in [-0.1, -0.05) is 12.1 Å². The maximum Gasteiger partial charge on any atom is 0.346 e. The molecule has 0 amide bonds. The van der Waals surface area contributed by atoms with E-state index in [1.54, 1.807) is 26.0 Å². The smallest absolute Gasteiger partial charge is 0.346 e. The molecule has 0 N–H and O–H groups in total. The first-order valence-electron chi connectivity index (χ1n) is 7.80. The summed E-state index contributed by atoms with van der Waals surface area (Å²) in [6.07, 6.45) is 0.597. The number of benzene rings is 2. The summed E-state index contributed by atoms with van der Waals surface area (Å²) in [6, 6.07) is 11.0. The lowest BCUT2D eigenvalue weighted by molar-refractivity contribution is 0.466. The van der Waals surface area contributed by atoms with E-state index in [1.165, 1.54) is 0 Å². The molecule has 0 aliphatic heterocycles. The van der Waals surface area contributed by atoms with Crippen LogP contribution in [-0.2, 0) is 6.42 Å². The first-order chi connectivity index (χ1) is 12.0. The molecule has 4 rings (SSSR count). The molecule has 0 aliphatic carbocycles. The zero-order valence-electron chi connectivity index (χ0n) is 13.7. The average molecular weight is 334 g/mol. The zero-order valence-corrected chi connectivity index (χ0v) is 13.7. The lowest BCUT2D eigenvalue weighted by Crippen LogP contribution is -2.04. The second kappa shape index (κ2) is 5.66. The molecule has 6 heteroatoms. The van der Waals surface area contributed by atoms with Gasteiger partial charge < -0.3 is 8.83 Å². The van der Waals surface area contributed by atoms with E-state index >= 15 is 0 Å². The van der Waals surface area contributed by atoms with Gasteiger partial charge in [0.2, 0.25) is 0 Å². The Labute approximate surface area is 141 Å². The third-order valence-corrected chi connectivity index (χ3v) is 4.01. The SMILES string of the molecule is Cc1nc2cc(Cc3ccc4nc(C)oc(=O)c4c3)ccc2c(=O)o1. The Balaban J connectivity index is 1.77. The van der Waals surface area contributed by atoms with E-state index < -0.39 is 5.63 Å². The minimum Gasteiger partial charge on any atom is -0.408 e. The molecule has 0 unspecified atom stereocenters. The molecule has 124 valence electrons. The third kappa shape index (κ3) is 2.82. The molecule has 0 saturated carbocycles. The van der Waals surface area contributed by atoms with Crippen molar-refractivity contribution in [1.82, 2.24) is 9.97 Å². The minimum absolute atomic E-state index is 0.333. The molecular formula is C19H14N2O4. The molecule has 2 heterocycles. The predicted octanol–water partition coefficient (Wildman–Crippen LogP) is 2.90. The van der Waals surface area contributed by atoms with Crippen molar-refractivity contribution in [1.29, 1.82) is 0 Å². The highest BCUT2D eigenvalue weighted by Crippen LogP contribution is 2.17. The molecule has 0 spiro atoms. The van der Waals surface area contributed by atoms with Crippen molar-refractivity contribution in [3.8, 4) is 0 Å². The molecule has 25 heavy (non-hydrogen) atoms. The largest absolute Gasteiger partial charge is 0.408 e. The first-order valence-corrected chi connectivity index (χ1v) is 7.80. The Morgan fingerprint density at radius 3 is 2.12 bits per heavy atom. The van der Waals surface area contributed by atoms with E-state index in [9.17, 15) is 9.59 Å². The second-order valence-electron chi connectivity index (χ2n) is 5.92. The van der Waals surface area contributed by atoms with Crippen LogP contribution in [-0.4, -0.2) is 9.97 Å². The minimum atomic E-state index is -0.391. The number of hydrogen-bond acceptors (Lipinski definition) is 6. The van der Waals surface area contributed by atoms with Gasteiger partial charge in [-0.15, -0.1) is 0 Å². The highest BCUT2D eigenvalue weighted by atomic mass is 16.4. The average Bonchev–Trinajstić information content (AvgIpc) is 2.55. The van der Waals surface area contributed by atoms with Gasteiger partial charge in [0, 0.05) is 13.8 Å². The maximum atomic E-state index is 12.0. The Morgan fingerprint density at radius 1 is 0.760 bits per heavy atom. The number of nitrogens with zero attached hydrogens (tertiary/aromatic N) is 2.